The number of aromatic nitrogens is 4. The number of hydrogen-bond donors (Lipinski definition) is 0. The van der Waals surface area contributed by atoms with Crippen LogP contribution in [0.4, 0.5) is 14.6 Å². The summed E-state index contributed by atoms with van der Waals surface area (Å²) in [6.07, 6.45) is -0.472. The van der Waals surface area contributed by atoms with Gasteiger partial charge in [-0.2, -0.15) is 4.52 Å². The summed E-state index contributed by atoms with van der Waals surface area (Å²) < 4.78 is 28.0. The molecule has 128 valence electrons. The highest BCUT2D eigenvalue weighted by molar-refractivity contribution is 5.82. The molecule has 2 saturated heterocycles. The minimum Gasteiger partial charge on any atom is -0.353 e. The smallest absolute Gasteiger partial charge is 0.251 e. The van der Waals surface area contributed by atoms with Crippen LogP contribution in [0.1, 0.15) is 18.7 Å². The summed E-state index contributed by atoms with van der Waals surface area (Å²) in [5, 5.41) is 12.4. The number of fused-ring (bicyclic) bond motifs is 1. The highest BCUT2D eigenvalue weighted by Crippen LogP contribution is 2.30. The van der Waals surface area contributed by atoms with Crippen molar-refractivity contribution in [3.63, 3.8) is 0 Å². The number of hydrogen-bond acceptors (Lipinski definition) is 5. The fraction of sp³-hybridized carbons (Fsp3) is 0.600. The Labute approximate surface area is 137 Å². The zero-order chi connectivity index (χ0) is 16.9. The van der Waals surface area contributed by atoms with Crippen molar-refractivity contribution in [2.45, 2.75) is 25.7 Å². The summed E-state index contributed by atoms with van der Waals surface area (Å²) in [5.74, 6) is -1.33. The van der Waals surface area contributed by atoms with Crippen molar-refractivity contribution >= 4 is 17.4 Å². The van der Waals surface area contributed by atoms with Crippen LogP contribution in [0.15, 0.2) is 12.1 Å². The third-order valence-electron chi connectivity index (χ3n) is 4.77. The minimum atomic E-state index is -2.63. The standard InChI is InChI=1S/C15H18F2N6O/c1-10-18-19-12-2-3-13(20-23(10)12)22-8-11(9-22)14(24)21-6-4-15(16,17)5-7-21/h2-3,11H,4-9H2,1H3. The lowest BCUT2D eigenvalue weighted by Crippen LogP contribution is -2.56. The number of halogens is 2. The summed E-state index contributed by atoms with van der Waals surface area (Å²) in [5.41, 5.74) is 0.679. The van der Waals surface area contributed by atoms with Crippen LogP contribution in [0, 0.1) is 12.8 Å². The van der Waals surface area contributed by atoms with Crippen LogP contribution in [0.25, 0.3) is 5.65 Å². The highest BCUT2D eigenvalue weighted by atomic mass is 19.3. The molecular formula is C15H18F2N6O. The number of likely N-dealkylation sites (tertiary alicyclic amines) is 1. The largest absolute Gasteiger partial charge is 0.353 e. The first-order valence-electron chi connectivity index (χ1n) is 8.04. The monoisotopic (exact) mass is 336 g/mol. The van der Waals surface area contributed by atoms with Crippen LogP contribution < -0.4 is 4.90 Å². The SMILES string of the molecule is Cc1nnc2ccc(N3CC(C(=O)N4CCC(F)(F)CC4)C3)nn12. The Kier molecular flexibility index (Phi) is 3.40. The van der Waals surface area contributed by atoms with Crippen molar-refractivity contribution in [2.75, 3.05) is 31.1 Å². The molecule has 1 amide bonds. The molecule has 7 nitrogen and oxygen atoms in total. The second kappa shape index (κ2) is 5.35. The average molecular weight is 336 g/mol. The molecule has 0 saturated carbocycles. The van der Waals surface area contributed by atoms with Crippen molar-refractivity contribution in [3.05, 3.63) is 18.0 Å². The van der Waals surface area contributed by atoms with Crippen LogP contribution in [0.3, 0.4) is 0 Å². The van der Waals surface area contributed by atoms with Crippen LogP contribution in [-0.2, 0) is 4.79 Å². The van der Waals surface area contributed by atoms with Gasteiger partial charge in [-0.3, -0.25) is 4.79 Å². The van der Waals surface area contributed by atoms with E-state index in [9.17, 15) is 13.6 Å². The fourth-order valence-electron chi connectivity index (χ4n) is 3.19. The quantitative estimate of drug-likeness (QED) is 0.822. The van der Waals surface area contributed by atoms with Gasteiger partial charge >= 0.3 is 0 Å². The van der Waals surface area contributed by atoms with Crippen LogP contribution in [-0.4, -0.2) is 62.7 Å². The maximum absolute atomic E-state index is 13.2. The van der Waals surface area contributed by atoms with Crippen molar-refractivity contribution in [3.8, 4) is 0 Å². The van der Waals surface area contributed by atoms with E-state index in [1.165, 1.54) is 0 Å². The van der Waals surface area contributed by atoms with E-state index in [0.29, 0.717) is 24.6 Å². The van der Waals surface area contributed by atoms with Crippen LogP contribution in [0.5, 0.6) is 0 Å². The van der Waals surface area contributed by atoms with Gasteiger partial charge in [0, 0.05) is 39.0 Å². The lowest BCUT2D eigenvalue weighted by molar-refractivity contribution is -0.142. The molecule has 0 spiro atoms. The number of alkyl halides is 2. The Bertz CT molecular complexity index is 775. The van der Waals surface area contributed by atoms with Crippen molar-refractivity contribution < 1.29 is 13.6 Å². The molecule has 24 heavy (non-hydrogen) atoms. The number of rotatable bonds is 2. The molecule has 0 radical (unpaired) electrons. The van der Waals surface area contributed by atoms with E-state index in [4.69, 9.17) is 0 Å². The number of aryl methyl sites for hydroxylation is 1. The molecule has 2 fully saturated rings. The zero-order valence-corrected chi connectivity index (χ0v) is 13.3. The Morgan fingerprint density at radius 2 is 1.92 bits per heavy atom. The second-order valence-electron chi connectivity index (χ2n) is 6.49. The van der Waals surface area contributed by atoms with Crippen molar-refractivity contribution in [1.82, 2.24) is 24.7 Å². The van der Waals surface area contributed by atoms with E-state index in [1.54, 1.807) is 9.42 Å². The molecule has 0 unspecified atom stereocenters. The van der Waals surface area contributed by atoms with E-state index < -0.39 is 5.92 Å². The Hall–Kier alpha value is -2.32. The lowest BCUT2D eigenvalue weighted by Gasteiger charge is -2.42. The number of carbonyl (C=O) groups excluding carboxylic acids is 1. The average Bonchev–Trinajstić information content (AvgIpc) is 2.87. The number of amides is 1. The van der Waals surface area contributed by atoms with Crippen LogP contribution >= 0.6 is 0 Å². The Balaban J connectivity index is 1.38. The fourth-order valence-corrected chi connectivity index (χ4v) is 3.19. The first-order valence-corrected chi connectivity index (χ1v) is 8.04. The molecule has 2 aromatic heterocycles. The first kappa shape index (κ1) is 15.2. The van der Waals surface area contributed by atoms with Gasteiger partial charge in [-0.25, -0.2) is 8.78 Å². The van der Waals surface area contributed by atoms with E-state index in [2.05, 4.69) is 15.3 Å². The van der Waals surface area contributed by atoms with Gasteiger partial charge in [0.1, 0.15) is 5.82 Å². The van der Waals surface area contributed by atoms with Gasteiger partial charge in [0.2, 0.25) is 5.91 Å². The van der Waals surface area contributed by atoms with Crippen molar-refractivity contribution in [1.29, 1.82) is 0 Å². The van der Waals surface area contributed by atoms with Crippen LogP contribution in [0.2, 0.25) is 0 Å². The summed E-state index contributed by atoms with van der Waals surface area (Å²) in [6, 6.07) is 3.69. The predicted octanol–water partition coefficient (Wildman–Crippen LogP) is 1.13. The molecule has 2 aliphatic rings. The molecule has 0 aliphatic carbocycles. The Morgan fingerprint density at radius 1 is 1.21 bits per heavy atom. The maximum atomic E-state index is 13.2. The van der Waals surface area contributed by atoms with Gasteiger partial charge in [0.15, 0.2) is 11.5 Å². The molecule has 0 aromatic carbocycles. The molecule has 4 heterocycles. The highest BCUT2D eigenvalue weighted by Gasteiger charge is 2.40. The topological polar surface area (TPSA) is 66.6 Å². The molecule has 9 heteroatoms. The number of anilines is 1. The normalized spacial score (nSPS) is 21.1. The number of piperidine rings is 1. The lowest BCUT2D eigenvalue weighted by atomic mass is 9.96. The van der Waals surface area contributed by atoms with E-state index in [0.717, 1.165) is 5.82 Å². The summed E-state index contributed by atoms with van der Waals surface area (Å²) in [6.45, 7) is 3.24. The molecule has 0 bridgehead atoms. The predicted molar refractivity (Wildman–Crippen MR) is 82.0 cm³/mol. The molecule has 2 aromatic rings. The van der Waals surface area contributed by atoms with E-state index in [-0.39, 0.29) is 37.8 Å². The summed E-state index contributed by atoms with van der Waals surface area (Å²) in [7, 11) is 0. The van der Waals surface area contributed by atoms with Gasteiger partial charge in [0.05, 0.1) is 5.92 Å². The van der Waals surface area contributed by atoms with Gasteiger partial charge in [-0.05, 0) is 19.1 Å². The number of nitrogens with zero attached hydrogens (tertiary/aromatic N) is 6. The third-order valence-corrected chi connectivity index (χ3v) is 4.77. The van der Waals surface area contributed by atoms with Gasteiger partial charge < -0.3 is 9.80 Å². The molecule has 2 aliphatic heterocycles. The van der Waals surface area contributed by atoms with E-state index >= 15 is 0 Å². The molecule has 0 atom stereocenters. The van der Waals surface area contributed by atoms with Gasteiger partial charge in [-0.1, -0.05) is 0 Å². The van der Waals surface area contributed by atoms with Gasteiger partial charge in [-0.15, -0.1) is 15.3 Å². The molecular weight excluding hydrogens is 318 g/mol. The molecule has 0 N–H and O–H groups in total. The summed E-state index contributed by atoms with van der Waals surface area (Å²) in [4.78, 5) is 16.0. The van der Waals surface area contributed by atoms with Gasteiger partial charge in [0.25, 0.3) is 5.92 Å². The first-order chi connectivity index (χ1) is 11.4. The number of carbonyl (C=O) groups is 1. The molecule has 4 rings (SSSR count). The zero-order valence-electron chi connectivity index (χ0n) is 13.3. The van der Waals surface area contributed by atoms with Crippen molar-refractivity contribution in [2.24, 2.45) is 5.92 Å². The maximum Gasteiger partial charge on any atom is 0.251 e. The summed E-state index contributed by atoms with van der Waals surface area (Å²) >= 11 is 0. The Morgan fingerprint density at radius 3 is 2.62 bits per heavy atom. The minimum absolute atomic E-state index is 0.0247. The van der Waals surface area contributed by atoms with E-state index in [1.807, 2.05) is 24.0 Å². The third kappa shape index (κ3) is 2.57. The second-order valence-corrected chi connectivity index (χ2v) is 6.49.